The number of nitrogens with zero attached hydrogens (tertiary/aromatic N) is 4. The van der Waals surface area contributed by atoms with Crippen LogP contribution in [-0.2, 0) is 18.3 Å². The summed E-state index contributed by atoms with van der Waals surface area (Å²) in [5.74, 6) is 0. The molecule has 3 heterocycles. The van der Waals surface area contributed by atoms with Crippen molar-refractivity contribution in [2.24, 2.45) is 0 Å². The van der Waals surface area contributed by atoms with Crippen LogP contribution >= 0.6 is 11.3 Å². The highest BCUT2D eigenvalue weighted by Crippen LogP contribution is 2.40. The summed E-state index contributed by atoms with van der Waals surface area (Å²) in [5, 5.41) is 23.1. The summed E-state index contributed by atoms with van der Waals surface area (Å²) >= 11 is 1.53. The van der Waals surface area contributed by atoms with E-state index in [1.807, 2.05) is 13.1 Å². The van der Waals surface area contributed by atoms with Crippen molar-refractivity contribution in [1.29, 1.82) is 0 Å². The minimum atomic E-state index is -4.40. The van der Waals surface area contributed by atoms with Gasteiger partial charge in [-0.05, 0) is 31.0 Å². The van der Waals surface area contributed by atoms with Gasteiger partial charge in [-0.2, -0.15) is 13.2 Å². The first kappa shape index (κ1) is 20.0. The third kappa shape index (κ3) is 4.34. The van der Waals surface area contributed by atoms with Crippen molar-refractivity contribution >= 4 is 11.3 Å². The van der Waals surface area contributed by atoms with E-state index in [-0.39, 0.29) is 12.1 Å². The second kappa shape index (κ2) is 7.51. The van der Waals surface area contributed by atoms with Gasteiger partial charge in [0.25, 0.3) is 0 Å². The van der Waals surface area contributed by atoms with Gasteiger partial charge in [-0.25, -0.2) is 4.68 Å². The number of hydrogen-bond acceptors (Lipinski definition) is 6. The average Bonchev–Trinajstić information content (AvgIpc) is 3.33. The molecule has 154 valence electrons. The van der Waals surface area contributed by atoms with Gasteiger partial charge in [0.15, 0.2) is 0 Å². The maximum atomic E-state index is 12.8. The van der Waals surface area contributed by atoms with Crippen LogP contribution in [0, 0.1) is 0 Å². The largest absolute Gasteiger partial charge is 0.416 e. The normalized spacial score (nSPS) is 25.3. The molecule has 10 heteroatoms. The van der Waals surface area contributed by atoms with Crippen LogP contribution in [0.1, 0.15) is 47.5 Å². The van der Waals surface area contributed by atoms with Crippen LogP contribution in [0.25, 0.3) is 0 Å². The molecular formula is C19H20F3N5OS. The van der Waals surface area contributed by atoms with Gasteiger partial charge in [-0.1, -0.05) is 17.3 Å². The third-order valence-electron chi connectivity index (χ3n) is 5.14. The fourth-order valence-corrected chi connectivity index (χ4v) is 4.40. The fourth-order valence-electron chi connectivity index (χ4n) is 3.81. The Morgan fingerprint density at radius 2 is 2.03 bits per heavy atom. The number of piperidine rings is 1. The Morgan fingerprint density at radius 1 is 1.28 bits per heavy atom. The van der Waals surface area contributed by atoms with Crippen LogP contribution in [0.15, 0.2) is 42.2 Å². The first-order valence-electron chi connectivity index (χ1n) is 9.16. The number of alkyl halides is 3. The van der Waals surface area contributed by atoms with Gasteiger partial charge in [0.2, 0.25) is 0 Å². The summed E-state index contributed by atoms with van der Waals surface area (Å²) < 4.78 is 40.3. The van der Waals surface area contributed by atoms with Gasteiger partial charge in [-0.15, -0.1) is 16.4 Å². The van der Waals surface area contributed by atoms with Gasteiger partial charge in [-0.3, -0.25) is 4.98 Å². The van der Waals surface area contributed by atoms with Crippen molar-refractivity contribution < 1.29 is 18.3 Å². The summed E-state index contributed by atoms with van der Waals surface area (Å²) in [6.45, 7) is 2.49. The summed E-state index contributed by atoms with van der Waals surface area (Å²) in [7, 11) is 0. The van der Waals surface area contributed by atoms with Gasteiger partial charge in [0, 0.05) is 23.5 Å². The van der Waals surface area contributed by atoms with Crippen LogP contribution in [0.2, 0.25) is 0 Å². The Kier molecular flexibility index (Phi) is 5.18. The Hall–Kier alpha value is -2.30. The number of benzene rings is 1. The third-order valence-corrected chi connectivity index (χ3v) is 5.90. The highest BCUT2D eigenvalue weighted by atomic mass is 32.1. The molecule has 2 N–H and O–H groups in total. The molecule has 3 aromatic rings. The molecule has 0 spiro atoms. The summed E-state index contributed by atoms with van der Waals surface area (Å²) in [4.78, 5) is 5.09. The molecule has 0 bridgehead atoms. The smallest absolute Gasteiger partial charge is 0.385 e. The highest BCUT2D eigenvalue weighted by Gasteiger charge is 2.41. The molecule has 1 aliphatic rings. The molecule has 29 heavy (non-hydrogen) atoms. The zero-order valence-electron chi connectivity index (χ0n) is 15.6. The second-order valence-electron chi connectivity index (χ2n) is 7.44. The number of rotatable bonds is 4. The molecule has 0 amide bonds. The number of aliphatic hydroxyl groups is 1. The maximum absolute atomic E-state index is 12.8. The van der Waals surface area contributed by atoms with Gasteiger partial charge in [0.05, 0.1) is 41.2 Å². The number of aromatic nitrogens is 4. The molecule has 0 radical (unpaired) electrons. The molecule has 3 atom stereocenters. The van der Waals surface area contributed by atoms with Crippen molar-refractivity contribution in [3.05, 3.63) is 63.9 Å². The van der Waals surface area contributed by atoms with Gasteiger partial charge < -0.3 is 10.4 Å². The van der Waals surface area contributed by atoms with E-state index in [0.29, 0.717) is 30.6 Å². The van der Waals surface area contributed by atoms with E-state index in [9.17, 15) is 18.3 Å². The molecule has 6 nitrogen and oxygen atoms in total. The van der Waals surface area contributed by atoms with Crippen molar-refractivity contribution in [3.63, 3.8) is 0 Å². The molecule has 1 aromatic carbocycles. The average molecular weight is 423 g/mol. The standard InChI is InChI=1S/C19H20F3N5OS/c1-12-6-18(28,13-2-4-14(5-3-13)19(20,21)22)7-16(24-12)17-10-27(26-25-17)9-15-8-23-11-29-15/h2-5,8,10-12,16,24,28H,6-7,9H2,1H3/t12-,16-,18?/m0/s1. The lowest BCUT2D eigenvalue weighted by molar-refractivity contribution is -0.137. The van der Waals surface area contributed by atoms with Crippen LogP contribution in [0.3, 0.4) is 0 Å². The molecule has 1 fully saturated rings. The van der Waals surface area contributed by atoms with Crippen molar-refractivity contribution in [2.75, 3.05) is 0 Å². The first-order chi connectivity index (χ1) is 13.7. The van der Waals surface area contributed by atoms with E-state index in [0.717, 1.165) is 17.0 Å². The number of thiazole rings is 1. The predicted octanol–water partition coefficient (Wildman–Crippen LogP) is 3.50. The van der Waals surface area contributed by atoms with E-state index in [1.54, 1.807) is 16.4 Å². The van der Waals surface area contributed by atoms with Gasteiger partial charge in [0.1, 0.15) is 0 Å². The molecule has 1 unspecified atom stereocenters. The second-order valence-corrected chi connectivity index (χ2v) is 8.41. The van der Waals surface area contributed by atoms with Crippen LogP contribution < -0.4 is 5.32 Å². The lowest BCUT2D eigenvalue weighted by Crippen LogP contribution is -2.47. The number of nitrogens with one attached hydrogen (secondary N) is 1. The highest BCUT2D eigenvalue weighted by molar-refractivity contribution is 7.09. The molecule has 1 saturated heterocycles. The lowest BCUT2D eigenvalue weighted by atomic mass is 9.78. The predicted molar refractivity (Wildman–Crippen MR) is 101 cm³/mol. The van der Waals surface area contributed by atoms with Crippen LogP contribution in [-0.4, -0.2) is 31.1 Å². The summed E-state index contributed by atoms with van der Waals surface area (Å²) in [5.41, 5.74) is 0.935. The Balaban J connectivity index is 1.54. The quantitative estimate of drug-likeness (QED) is 0.672. The number of hydrogen-bond donors (Lipinski definition) is 2. The molecule has 2 aromatic heterocycles. The Bertz CT molecular complexity index is 957. The van der Waals surface area contributed by atoms with E-state index < -0.39 is 17.3 Å². The monoisotopic (exact) mass is 423 g/mol. The van der Waals surface area contributed by atoms with Crippen LogP contribution in [0.5, 0.6) is 0 Å². The molecule has 0 saturated carbocycles. The summed E-state index contributed by atoms with van der Waals surface area (Å²) in [6.07, 6.45) is -0.119. The number of halogens is 3. The minimum absolute atomic E-state index is 0.0484. The Labute approximate surface area is 169 Å². The van der Waals surface area contributed by atoms with E-state index in [4.69, 9.17) is 0 Å². The van der Waals surface area contributed by atoms with Crippen molar-refractivity contribution in [3.8, 4) is 0 Å². The zero-order chi connectivity index (χ0) is 20.6. The van der Waals surface area contributed by atoms with E-state index >= 15 is 0 Å². The zero-order valence-corrected chi connectivity index (χ0v) is 16.4. The fraction of sp³-hybridized carbons (Fsp3) is 0.421. The Morgan fingerprint density at radius 3 is 2.69 bits per heavy atom. The molecule has 1 aliphatic heterocycles. The van der Waals surface area contributed by atoms with E-state index in [2.05, 4.69) is 20.6 Å². The lowest BCUT2D eigenvalue weighted by Gasteiger charge is -2.40. The topological polar surface area (TPSA) is 75.9 Å². The first-order valence-corrected chi connectivity index (χ1v) is 10.0. The van der Waals surface area contributed by atoms with Crippen molar-refractivity contribution in [2.45, 2.75) is 50.2 Å². The summed E-state index contributed by atoms with van der Waals surface area (Å²) in [6, 6.07) is 4.44. The molecule has 4 rings (SSSR count). The molecular weight excluding hydrogens is 403 g/mol. The minimum Gasteiger partial charge on any atom is -0.385 e. The maximum Gasteiger partial charge on any atom is 0.416 e. The van der Waals surface area contributed by atoms with Gasteiger partial charge >= 0.3 is 6.18 Å². The van der Waals surface area contributed by atoms with E-state index in [1.165, 1.54) is 23.5 Å². The molecule has 0 aliphatic carbocycles. The van der Waals surface area contributed by atoms with Crippen molar-refractivity contribution in [1.82, 2.24) is 25.3 Å². The van der Waals surface area contributed by atoms with Crippen LogP contribution in [0.4, 0.5) is 13.2 Å². The SMILES string of the molecule is C[C@H]1CC(O)(c2ccc(C(F)(F)F)cc2)C[C@@H](c2cn(Cc3cncs3)nn2)N1.